The molecule has 3 heteroatoms. The van der Waals surface area contributed by atoms with Crippen molar-refractivity contribution in [1.29, 1.82) is 0 Å². The predicted octanol–water partition coefficient (Wildman–Crippen LogP) is 2.49. The second-order valence-electron chi connectivity index (χ2n) is 5.28. The summed E-state index contributed by atoms with van der Waals surface area (Å²) in [5.74, 6) is 0.433. The maximum atomic E-state index is 9.95. The predicted molar refractivity (Wildman–Crippen MR) is 70.8 cm³/mol. The first kappa shape index (κ1) is 12.0. The van der Waals surface area contributed by atoms with Gasteiger partial charge >= 0.3 is 0 Å². The summed E-state index contributed by atoms with van der Waals surface area (Å²) in [5, 5.41) is 9.95. The van der Waals surface area contributed by atoms with Gasteiger partial charge in [-0.2, -0.15) is 0 Å². The third kappa shape index (κ3) is 1.91. The van der Waals surface area contributed by atoms with Gasteiger partial charge in [-0.3, -0.25) is 4.90 Å². The molecular formula is C15H21NO2. The smallest absolute Gasteiger partial charge is 0.119 e. The quantitative estimate of drug-likeness (QED) is 0.871. The fourth-order valence-electron chi connectivity index (χ4n) is 3.38. The summed E-state index contributed by atoms with van der Waals surface area (Å²) in [6.45, 7) is 5.23. The number of rotatable bonds is 2. The number of hydrogen-bond donors (Lipinski definition) is 1. The van der Waals surface area contributed by atoms with Gasteiger partial charge in [-0.15, -0.1) is 0 Å². The second kappa shape index (κ2) is 4.90. The van der Waals surface area contributed by atoms with E-state index in [0.29, 0.717) is 11.8 Å². The molecule has 1 N–H and O–H groups in total. The van der Waals surface area contributed by atoms with Gasteiger partial charge in [0.2, 0.25) is 0 Å². The summed E-state index contributed by atoms with van der Waals surface area (Å²) in [6.07, 6.45) is 3.40. The van der Waals surface area contributed by atoms with Crippen LogP contribution in [0.3, 0.4) is 0 Å². The lowest BCUT2D eigenvalue weighted by atomic mass is 9.83. The van der Waals surface area contributed by atoms with Crippen LogP contribution in [0.5, 0.6) is 5.75 Å². The average Bonchev–Trinajstić information content (AvgIpc) is 2.40. The van der Waals surface area contributed by atoms with E-state index in [4.69, 9.17) is 4.74 Å². The summed E-state index contributed by atoms with van der Waals surface area (Å²) >= 11 is 0. The van der Waals surface area contributed by atoms with Gasteiger partial charge in [-0.25, -0.2) is 0 Å². The van der Waals surface area contributed by atoms with Crippen molar-refractivity contribution in [2.75, 3.05) is 19.7 Å². The highest BCUT2D eigenvalue weighted by Crippen LogP contribution is 2.40. The lowest BCUT2D eigenvalue weighted by Gasteiger charge is -2.44. The minimum atomic E-state index is 0.154. The molecular weight excluding hydrogens is 226 g/mol. The molecule has 0 amide bonds. The van der Waals surface area contributed by atoms with Crippen LogP contribution in [0.15, 0.2) is 18.2 Å². The highest BCUT2D eigenvalue weighted by atomic mass is 16.5. The first-order chi connectivity index (χ1) is 8.81. The summed E-state index contributed by atoms with van der Waals surface area (Å²) in [7, 11) is 0. The molecule has 1 aromatic rings. The number of hydrogen-bond acceptors (Lipinski definition) is 3. The van der Waals surface area contributed by atoms with E-state index in [2.05, 4.69) is 17.9 Å². The Hall–Kier alpha value is -1.06. The molecule has 1 aromatic carbocycles. The van der Waals surface area contributed by atoms with Crippen LogP contribution in [-0.2, 0) is 11.2 Å². The normalized spacial score (nSPS) is 27.6. The molecule has 0 radical (unpaired) electrons. The molecule has 1 aliphatic heterocycles. The van der Waals surface area contributed by atoms with Crippen LogP contribution in [0.25, 0.3) is 0 Å². The minimum absolute atomic E-state index is 0.154. The van der Waals surface area contributed by atoms with Crippen LogP contribution >= 0.6 is 0 Å². The first-order valence-electron chi connectivity index (χ1n) is 6.97. The van der Waals surface area contributed by atoms with Gasteiger partial charge in [0.25, 0.3) is 0 Å². The van der Waals surface area contributed by atoms with Gasteiger partial charge in [0.15, 0.2) is 0 Å². The van der Waals surface area contributed by atoms with E-state index in [1.54, 1.807) is 6.07 Å². The van der Waals surface area contributed by atoms with Crippen LogP contribution in [0.1, 0.15) is 37.0 Å². The van der Waals surface area contributed by atoms with E-state index in [0.717, 1.165) is 38.1 Å². The zero-order chi connectivity index (χ0) is 12.5. The Kier molecular flexibility index (Phi) is 3.27. The van der Waals surface area contributed by atoms with E-state index in [-0.39, 0.29) is 6.10 Å². The molecule has 18 heavy (non-hydrogen) atoms. The summed E-state index contributed by atoms with van der Waals surface area (Å²) in [5.41, 5.74) is 2.30. The van der Waals surface area contributed by atoms with Crippen LogP contribution in [0, 0.1) is 0 Å². The van der Waals surface area contributed by atoms with Crippen LogP contribution in [0.4, 0.5) is 0 Å². The van der Waals surface area contributed by atoms with E-state index >= 15 is 0 Å². The standard InChI is InChI=1S/C15H21NO2/c1-2-8-16-9-10-18-15-12-4-3-5-14(17)11(12)6-7-13(15)16/h3-5,13,15,17H,2,6-10H2,1H3/t13-,15-/m0/s1. The van der Waals surface area contributed by atoms with Gasteiger partial charge in [0, 0.05) is 12.6 Å². The zero-order valence-electron chi connectivity index (χ0n) is 10.9. The Morgan fingerprint density at radius 1 is 1.44 bits per heavy atom. The SMILES string of the molecule is CCCN1CCO[C@H]2c3cccc(O)c3CC[C@@H]21. The van der Waals surface area contributed by atoms with Crippen molar-refractivity contribution < 1.29 is 9.84 Å². The molecule has 98 valence electrons. The Labute approximate surface area is 108 Å². The average molecular weight is 247 g/mol. The highest BCUT2D eigenvalue weighted by molar-refractivity contribution is 5.43. The van der Waals surface area contributed by atoms with Gasteiger partial charge in [0.05, 0.1) is 12.7 Å². The molecule has 1 fully saturated rings. The van der Waals surface area contributed by atoms with Crippen molar-refractivity contribution in [3.05, 3.63) is 29.3 Å². The number of phenols is 1. The molecule has 0 bridgehead atoms. The van der Waals surface area contributed by atoms with Gasteiger partial charge in [0.1, 0.15) is 5.75 Å². The number of phenolic OH excluding ortho intramolecular Hbond substituents is 1. The number of aromatic hydroxyl groups is 1. The number of fused-ring (bicyclic) bond motifs is 3. The molecule has 3 nitrogen and oxygen atoms in total. The molecule has 0 aromatic heterocycles. The van der Waals surface area contributed by atoms with Crippen molar-refractivity contribution in [2.24, 2.45) is 0 Å². The minimum Gasteiger partial charge on any atom is -0.508 e. The summed E-state index contributed by atoms with van der Waals surface area (Å²) in [6, 6.07) is 6.32. The topological polar surface area (TPSA) is 32.7 Å². The third-order valence-electron chi connectivity index (χ3n) is 4.19. The van der Waals surface area contributed by atoms with Crippen molar-refractivity contribution >= 4 is 0 Å². The van der Waals surface area contributed by atoms with Crippen molar-refractivity contribution in [3.63, 3.8) is 0 Å². The molecule has 1 aliphatic carbocycles. The third-order valence-corrected chi connectivity index (χ3v) is 4.19. The zero-order valence-corrected chi connectivity index (χ0v) is 10.9. The second-order valence-corrected chi connectivity index (χ2v) is 5.28. The van der Waals surface area contributed by atoms with Crippen molar-refractivity contribution in [1.82, 2.24) is 4.90 Å². The van der Waals surface area contributed by atoms with Crippen molar-refractivity contribution in [2.45, 2.75) is 38.3 Å². The van der Waals surface area contributed by atoms with E-state index in [9.17, 15) is 5.11 Å². The lowest BCUT2D eigenvalue weighted by Crippen LogP contribution is -2.49. The first-order valence-corrected chi connectivity index (χ1v) is 6.97. The maximum absolute atomic E-state index is 9.95. The molecule has 3 rings (SSSR count). The van der Waals surface area contributed by atoms with Crippen LogP contribution in [-0.4, -0.2) is 35.7 Å². The van der Waals surface area contributed by atoms with Gasteiger partial charge in [-0.1, -0.05) is 19.1 Å². The number of ether oxygens (including phenoxy) is 1. The summed E-state index contributed by atoms with van der Waals surface area (Å²) < 4.78 is 5.99. The van der Waals surface area contributed by atoms with E-state index in [1.807, 2.05) is 6.07 Å². The Bertz CT molecular complexity index is 431. The Morgan fingerprint density at radius 2 is 2.33 bits per heavy atom. The highest BCUT2D eigenvalue weighted by Gasteiger charge is 2.37. The van der Waals surface area contributed by atoms with Gasteiger partial charge < -0.3 is 9.84 Å². The molecule has 1 saturated heterocycles. The van der Waals surface area contributed by atoms with Gasteiger partial charge in [-0.05, 0) is 43.0 Å². The Balaban J connectivity index is 1.92. The largest absolute Gasteiger partial charge is 0.508 e. The molecule has 0 spiro atoms. The molecule has 0 saturated carbocycles. The molecule has 0 unspecified atom stereocenters. The molecule has 1 heterocycles. The molecule has 2 aliphatic rings. The summed E-state index contributed by atoms with van der Waals surface area (Å²) in [4.78, 5) is 2.56. The number of nitrogens with zero attached hydrogens (tertiary/aromatic N) is 1. The monoisotopic (exact) mass is 247 g/mol. The maximum Gasteiger partial charge on any atom is 0.119 e. The van der Waals surface area contributed by atoms with Crippen molar-refractivity contribution in [3.8, 4) is 5.75 Å². The van der Waals surface area contributed by atoms with E-state index in [1.165, 1.54) is 12.0 Å². The van der Waals surface area contributed by atoms with Crippen LogP contribution in [0.2, 0.25) is 0 Å². The fourth-order valence-corrected chi connectivity index (χ4v) is 3.38. The number of morpholine rings is 1. The van der Waals surface area contributed by atoms with E-state index < -0.39 is 0 Å². The van der Waals surface area contributed by atoms with Crippen LogP contribution < -0.4 is 0 Å². The fraction of sp³-hybridized carbons (Fsp3) is 0.600. The molecule has 2 atom stereocenters. The lowest BCUT2D eigenvalue weighted by molar-refractivity contribution is -0.0802. The number of benzene rings is 1. The Morgan fingerprint density at radius 3 is 3.17 bits per heavy atom.